The third kappa shape index (κ3) is 5.99. The number of hydrogen-bond donors (Lipinski definition) is 2. The SMILES string of the molecule is COC(=O)[C@@H]1C(=O)NC(SCC(=O)Nc2cc(Cl)ccc2C)=C(C#N)[C@@H]1c1ccc(OC)c(Br)c1. The Kier molecular flexibility index (Phi) is 8.83. The quantitative estimate of drug-likeness (QED) is 0.366. The number of nitriles is 1. The average molecular weight is 579 g/mol. The summed E-state index contributed by atoms with van der Waals surface area (Å²) in [4.78, 5) is 38.1. The number of benzene rings is 2. The van der Waals surface area contributed by atoms with Crippen molar-refractivity contribution in [2.24, 2.45) is 5.92 Å². The molecule has 2 aromatic rings. The lowest BCUT2D eigenvalue weighted by Gasteiger charge is -2.31. The summed E-state index contributed by atoms with van der Waals surface area (Å²) in [5.41, 5.74) is 2.09. The predicted octanol–water partition coefficient (Wildman–Crippen LogP) is 4.53. The van der Waals surface area contributed by atoms with Crippen LogP contribution in [0.4, 0.5) is 5.69 Å². The Labute approximate surface area is 220 Å². The summed E-state index contributed by atoms with van der Waals surface area (Å²) in [6.45, 7) is 1.83. The van der Waals surface area contributed by atoms with E-state index in [9.17, 15) is 19.6 Å². The molecule has 2 amide bonds. The van der Waals surface area contributed by atoms with Crippen LogP contribution >= 0.6 is 39.3 Å². The maximum atomic E-state index is 13.0. The van der Waals surface area contributed by atoms with Crippen LogP contribution in [-0.4, -0.2) is 37.8 Å². The van der Waals surface area contributed by atoms with E-state index in [2.05, 4.69) is 32.6 Å². The third-order valence-electron chi connectivity index (χ3n) is 5.34. The number of rotatable bonds is 7. The Bertz CT molecular complexity index is 1260. The molecule has 0 radical (unpaired) electrons. The second-order valence-corrected chi connectivity index (χ2v) is 9.79. The number of aryl methyl sites for hydroxylation is 1. The summed E-state index contributed by atoms with van der Waals surface area (Å²) in [6, 6.07) is 12.3. The van der Waals surface area contributed by atoms with Gasteiger partial charge in [-0.15, -0.1) is 0 Å². The number of carbonyl (C=O) groups excluding carboxylic acids is 3. The number of methoxy groups -OCH3 is 2. The summed E-state index contributed by atoms with van der Waals surface area (Å²) < 4.78 is 10.7. The van der Waals surface area contributed by atoms with Gasteiger partial charge < -0.3 is 20.1 Å². The monoisotopic (exact) mass is 577 g/mol. The number of ether oxygens (including phenoxy) is 2. The lowest BCUT2D eigenvalue weighted by atomic mass is 9.78. The van der Waals surface area contributed by atoms with Gasteiger partial charge in [-0.2, -0.15) is 5.26 Å². The van der Waals surface area contributed by atoms with Gasteiger partial charge in [-0.1, -0.05) is 35.5 Å². The van der Waals surface area contributed by atoms with E-state index in [-0.39, 0.29) is 22.3 Å². The molecule has 2 N–H and O–H groups in total. The van der Waals surface area contributed by atoms with Gasteiger partial charge in [-0.3, -0.25) is 14.4 Å². The summed E-state index contributed by atoms with van der Waals surface area (Å²) in [7, 11) is 2.69. The number of allylic oxidation sites excluding steroid dienone is 1. The van der Waals surface area contributed by atoms with Gasteiger partial charge in [0.1, 0.15) is 11.7 Å². The highest BCUT2D eigenvalue weighted by Crippen LogP contribution is 2.42. The Morgan fingerprint density at radius 1 is 1.26 bits per heavy atom. The van der Waals surface area contributed by atoms with Crippen LogP contribution in [0.15, 0.2) is 51.5 Å². The molecule has 0 fully saturated rings. The number of anilines is 1. The molecule has 1 aliphatic rings. The van der Waals surface area contributed by atoms with Crippen molar-refractivity contribution in [3.05, 3.63) is 67.6 Å². The van der Waals surface area contributed by atoms with Crippen molar-refractivity contribution in [3.8, 4) is 11.8 Å². The first-order chi connectivity index (χ1) is 16.7. The summed E-state index contributed by atoms with van der Waals surface area (Å²) >= 11 is 10.4. The molecule has 3 rings (SSSR count). The fraction of sp³-hybridized carbons (Fsp3) is 0.250. The first kappa shape index (κ1) is 26.6. The molecule has 0 saturated carbocycles. The summed E-state index contributed by atoms with van der Waals surface area (Å²) in [5, 5.41) is 16.1. The lowest BCUT2D eigenvalue weighted by Crippen LogP contribution is -2.44. The second kappa shape index (κ2) is 11.6. The van der Waals surface area contributed by atoms with Crippen molar-refractivity contribution in [2.45, 2.75) is 12.8 Å². The van der Waals surface area contributed by atoms with Crippen LogP contribution in [-0.2, 0) is 19.1 Å². The highest BCUT2D eigenvalue weighted by atomic mass is 79.9. The smallest absolute Gasteiger partial charge is 0.319 e. The molecule has 8 nitrogen and oxygen atoms in total. The molecule has 11 heteroatoms. The Hall–Kier alpha value is -3.00. The van der Waals surface area contributed by atoms with E-state index in [0.29, 0.717) is 26.5 Å². The molecule has 1 heterocycles. The number of nitrogens with zero attached hydrogens (tertiary/aromatic N) is 1. The zero-order valence-corrected chi connectivity index (χ0v) is 22.1. The summed E-state index contributed by atoms with van der Waals surface area (Å²) in [6.07, 6.45) is 0. The van der Waals surface area contributed by atoms with Crippen LogP contribution in [0.25, 0.3) is 0 Å². The van der Waals surface area contributed by atoms with Gasteiger partial charge in [0.05, 0.1) is 41.1 Å². The molecule has 0 unspecified atom stereocenters. The first-order valence-electron chi connectivity index (χ1n) is 10.2. The minimum atomic E-state index is -1.28. The maximum Gasteiger partial charge on any atom is 0.319 e. The molecular formula is C24H21BrClN3O5S. The normalized spacial score (nSPS) is 17.3. The molecule has 1 aliphatic heterocycles. The number of thioether (sulfide) groups is 1. The molecular weight excluding hydrogens is 558 g/mol. The maximum absolute atomic E-state index is 13.0. The average Bonchev–Trinajstić information content (AvgIpc) is 2.83. The predicted molar refractivity (Wildman–Crippen MR) is 137 cm³/mol. The van der Waals surface area contributed by atoms with Gasteiger partial charge in [-0.25, -0.2) is 0 Å². The van der Waals surface area contributed by atoms with Crippen LogP contribution in [0, 0.1) is 24.2 Å². The molecule has 0 aromatic heterocycles. The van der Waals surface area contributed by atoms with Crippen molar-refractivity contribution in [3.63, 3.8) is 0 Å². The van der Waals surface area contributed by atoms with Crippen molar-refractivity contribution >= 4 is 62.8 Å². The van der Waals surface area contributed by atoms with Crippen LogP contribution in [0.1, 0.15) is 17.0 Å². The molecule has 0 bridgehead atoms. The van der Waals surface area contributed by atoms with E-state index in [1.165, 1.54) is 14.2 Å². The van der Waals surface area contributed by atoms with E-state index >= 15 is 0 Å². The van der Waals surface area contributed by atoms with Gasteiger partial charge in [0.15, 0.2) is 0 Å². The standard InChI is InChI=1S/C24H21BrClN3O5S/c1-12-4-6-14(26)9-17(12)28-19(30)11-35-23-15(10-27)20(21(22(31)29-23)24(32)34-3)13-5-7-18(33-2)16(25)8-13/h4-9,20-21H,11H2,1-3H3,(H,28,30)(H,29,31)/t20-,21-/m0/s1. The molecule has 0 aliphatic carbocycles. The fourth-order valence-corrected chi connectivity index (χ4v) is 5.19. The van der Waals surface area contributed by atoms with Gasteiger partial charge in [0, 0.05) is 16.6 Å². The van der Waals surface area contributed by atoms with Crippen LogP contribution in [0.3, 0.4) is 0 Å². The molecule has 2 atom stereocenters. The van der Waals surface area contributed by atoms with Crippen molar-refractivity contribution in [1.29, 1.82) is 5.26 Å². The number of halogens is 2. The second-order valence-electron chi connectivity index (χ2n) is 7.51. The van der Waals surface area contributed by atoms with Crippen molar-refractivity contribution < 1.29 is 23.9 Å². The lowest BCUT2D eigenvalue weighted by molar-refractivity contribution is -0.150. The van der Waals surface area contributed by atoms with Gasteiger partial charge in [-0.05, 0) is 58.2 Å². The molecule has 35 heavy (non-hydrogen) atoms. The van der Waals surface area contributed by atoms with E-state index in [0.717, 1.165) is 17.3 Å². The van der Waals surface area contributed by atoms with E-state index in [1.54, 1.807) is 36.4 Å². The minimum Gasteiger partial charge on any atom is -0.496 e. The fourth-order valence-electron chi connectivity index (χ4n) is 3.61. The van der Waals surface area contributed by atoms with E-state index < -0.39 is 23.7 Å². The largest absolute Gasteiger partial charge is 0.496 e. The zero-order chi connectivity index (χ0) is 25.7. The number of nitrogens with one attached hydrogen (secondary N) is 2. The van der Waals surface area contributed by atoms with Crippen molar-refractivity contribution in [2.75, 3.05) is 25.3 Å². The molecule has 2 aromatic carbocycles. The molecule has 182 valence electrons. The number of hydrogen-bond acceptors (Lipinski definition) is 7. The minimum absolute atomic E-state index is 0.0886. The zero-order valence-electron chi connectivity index (χ0n) is 19.0. The Morgan fingerprint density at radius 3 is 2.63 bits per heavy atom. The Morgan fingerprint density at radius 2 is 2.00 bits per heavy atom. The molecule has 0 spiro atoms. The van der Waals surface area contributed by atoms with Crippen LogP contribution in [0.5, 0.6) is 5.75 Å². The molecule has 0 saturated heterocycles. The van der Waals surface area contributed by atoms with Crippen LogP contribution < -0.4 is 15.4 Å². The van der Waals surface area contributed by atoms with E-state index in [4.69, 9.17) is 21.1 Å². The topological polar surface area (TPSA) is 118 Å². The summed E-state index contributed by atoms with van der Waals surface area (Å²) in [5.74, 6) is -3.47. The third-order valence-corrected chi connectivity index (χ3v) is 7.21. The Balaban J connectivity index is 1.93. The number of carbonyl (C=O) groups is 3. The number of esters is 1. The first-order valence-corrected chi connectivity index (χ1v) is 12.4. The highest BCUT2D eigenvalue weighted by Gasteiger charge is 2.44. The highest BCUT2D eigenvalue weighted by molar-refractivity contribution is 9.10. The van der Waals surface area contributed by atoms with Crippen LogP contribution in [0.2, 0.25) is 5.02 Å². The van der Waals surface area contributed by atoms with E-state index in [1.807, 2.05) is 6.92 Å². The van der Waals surface area contributed by atoms with Gasteiger partial charge >= 0.3 is 5.97 Å². The number of amides is 2. The van der Waals surface area contributed by atoms with Gasteiger partial charge in [0.25, 0.3) is 0 Å². The van der Waals surface area contributed by atoms with Crippen molar-refractivity contribution in [1.82, 2.24) is 5.32 Å². The van der Waals surface area contributed by atoms with Gasteiger partial charge in [0.2, 0.25) is 11.8 Å².